The maximum absolute atomic E-state index is 12.5. The first-order valence-electron chi connectivity index (χ1n) is 9.62. The smallest absolute Gasteiger partial charge is 0.341 e. The molecule has 150 valence electrons. The van der Waals surface area contributed by atoms with Gasteiger partial charge < -0.3 is 24.7 Å². The number of hydrogen-bond donors (Lipinski definition) is 2. The molecule has 1 aliphatic heterocycles. The van der Waals surface area contributed by atoms with Crippen LogP contribution < -0.4 is 10.2 Å². The number of rotatable bonds is 5. The van der Waals surface area contributed by atoms with E-state index in [4.69, 9.17) is 9.47 Å². The van der Waals surface area contributed by atoms with Crippen molar-refractivity contribution in [3.8, 4) is 0 Å². The molecule has 7 heteroatoms. The first-order chi connectivity index (χ1) is 14.1. The van der Waals surface area contributed by atoms with Crippen molar-refractivity contribution in [1.82, 2.24) is 4.98 Å². The van der Waals surface area contributed by atoms with Gasteiger partial charge in [0.2, 0.25) is 0 Å². The maximum Gasteiger partial charge on any atom is 0.341 e. The highest BCUT2D eigenvalue weighted by molar-refractivity contribution is 6.05. The molecule has 4 rings (SSSR count). The zero-order chi connectivity index (χ0) is 20.2. The molecule has 7 nitrogen and oxygen atoms in total. The van der Waals surface area contributed by atoms with E-state index in [1.165, 1.54) is 0 Å². The molecule has 1 aromatic heterocycles. The number of carbonyl (C=O) groups excluding carboxylic acids is 2. The van der Waals surface area contributed by atoms with E-state index >= 15 is 0 Å². The molecule has 0 saturated carbocycles. The van der Waals surface area contributed by atoms with Gasteiger partial charge in [-0.3, -0.25) is 4.79 Å². The molecule has 1 unspecified atom stereocenters. The summed E-state index contributed by atoms with van der Waals surface area (Å²) in [4.78, 5) is 30.2. The van der Waals surface area contributed by atoms with Crippen LogP contribution in [0, 0.1) is 0 Å². The molecule has 1 atom stereocenters. The largest absolute Gasteiger partial charge is 0.449 e. The number of H-pyrrole nitrogens is 1. The number of benzene rings is 2. The highest BCUT2D eigenvalue weighted by Gasteiger charge is 2.21. The predicted molar refractivity (Wildman–Crippen MR) is 111 cm³/mol. The molecule has 0 aliphatic carbocycles. The summed E-state index contributed by atoms with van der Waals surface area (Å²) in [6, 6.07) is 15.1. The third-order valence-corrected chi connectivity index (χ3v) is 4.97. The van der Waals surface area contributed by atoms with Gasteiger partial charge in [0.1, 0.15) is 0 Å². The van der Waals surface area contributed by atoms with Crippen molar-refractivity contribution in [2.24, 2.45) is 0 Å². The molecule has 2 heterocycles. The van der Waals surface area contributed by atoms with Crippen molar-refractivity contribution in [2.75, 3.05) is 36.5 Å². The number of esters is 1. The molecular weight excluding hydrogens is 370 g/mol. The summed E-state index contributed by atoms with van der Waals surface area (Å²) in [5.74, 6) is -0.912. The number of anilines is 2. The third-order valence-electron chi connectivity index (χ3n) is 4.97. The van der Waals surface area contributed by atoms with Crippen LogP contribution in [-0.4, -0.2) is 49.3 Å². The van der Waals surface area contributed by atoms with Crippen LogP contribution >= 0.6 is 0 Å². The number of para-hydroxylation sites is 1. The average molecular weight is 393 g/mol. The summed E-state index contributed by atoms with van der Waals surface area (Å²) < 4.78 is 10.7. The molecule has 3 aromatic rings. The molecule has 1 aliphatic rings. The number of carbonyl (C=O) groups is 2. The number of nitrogens with one attached hydrogen (secondary N) is 2. The van der Waals surface area contributed by atoms with Gasteiger partial charge in [-0.05, 0) is 37.3 Å². The average Bonchev–Trinajstić information content (AvgIpc) is 3.19. The Labute approximate surface area is 168 Å². The fourth-order valence-corrected chi connectivity index (χ4v) is 3.34. The lowest BCUT2D eigenvalue weighted by molar-refractivity contribution is -0.123. The number of aromatic nitrogens is 1. The standard InChI is InChI=1S/C22H23N3O4/c1-15(29-22(27)19-14-23-20-5-3-2-4-18(19)20)21(26)24-16-6-8-17(9-7-16)25-10-12-28-13-11-25/h2-9,14-15,23H,10-13H2,1H3,(H,24,26). The van der Waals surface area contributed by atoms with E-state index in [9.17, 15) is 9.59 Å². The number of fused-ring (bicyclic) bond motifs is 1. The van der Waals surface area contributed by atoms with E-state index in [-0.39, 0.29) is 5.91 Å². The van der Waals surface area contributed by atoms with Crippen molar-refractivity contribution < 1.29 is 19.1 Å². The lowest BCUT2D eigenvalue weighted by atomic mass is 10.2. The Bertz CT molecular complexity index is 1010. The van der Waals surface area contributed by atoms with Crippen LogP contribution in [0.5, 0.6) is 0 Å². The van der Waals surface area contributed by atoms with Gasteiger partial charge in [-0.1, -0.05) is 18.2 Å². The van der Waals surface area contributed by atoms with Gasteiger partial charge in [0.15, 0.2) is 6.10 Å². The Hall–Kier alpha value is -3.32. The minimum absolute atomic E-state index is 0.377. The summed E-state index contributed by atoms with van der Waals surface area (Å²) in [6.07, 6.45) is 0.678. The Kier molecular flexibility index (Phi) is 5.48. The van der Waals surface area contributed by atoms with Crippen LogP contribution in [-0.2, 0) is 14.3 Å². The summed E-state index contributed by atoms with van der Waals surface area (Å²) >= 11 is 0. The molecule has 1 amide bonds. The fraction of sp³-hybridized carbons (Fsp3) is 0.273. The van der Waals surface area contributed by atoms with Gasteiger partial charge in [-0.2, -0.15) is 0 Å². The van der Waals surface area contributed by atoms with Crippen molar-refractivity contribution >= 4 is 34.2 Å². The highest BCUT2D eigenvalue weighted by atomic mass is 16.5. The van der Waals surface area contributed by atoms with Gasteiger partial charge in [-0.15, -0.1) is 0 Å². The summed E-state index contributed by atoms with van der Waals surface area (Å²) in [5, 5.41) is 3.56. The SMILES string of the molecule is CC(OC(=O)c1c[nH]c2ccccc12)C(=O)Nc1ccc(N2CCOCC2)cc1. The van der Waals surface area contributed by atoms with Crippen LogP contribution in [0.1, 0.15) is 17.3 Å². The topological polar surface area (TPSA) is 83.7 Å². The first-order valence-corrected chi connectivity index (χ1v) is 9.62. The highest BCUT2D eigenvalue weighted by Crippen LogP contribution is 2.21. The number of morpholine rings is 1. The molecule has 29 heavy (non-hydrogen) atoms. The lowest BCUT2D eigenvalue weighted by Gasteiger charge is -2.28. The normalized spacial score (nSPS) is 15.1. The van der Waals surface area contributed by atoms with E-state index in [2.05, 4.69) is 15.2 Å². The van der Waals surface area contributed by atoms with Crippen LogP contribution in [0.2, 0.25) is 0 Å². The Morgan fingerprint density at radius 3 is 2.59 bits per heavy atom. The first kappa shape index (κ1) is 19.0. The predicted octanol–water partition coefficient (Wildman–Crippen LogP) is 3.19. The Morgan fingerprint density at radius 1 is 1.10 bits per heavy atom. The second-order valence-electron chi connectivity index (χ2n) is 6.93. The summed E-state index contributed by atoms with van der Waals surface area (Å²) in [5.41, 5.74) is 3.00. The third kappa shape index (κ3) is 4.25. The fourth-order valence-electron chi connectivity index (χ4n) is 3.34. The van der Waals surface area contributed by atoms with Gasteiger partial charge in [-0.25, -0.2) is 4.79 Å². The lowest BCUT2D eigenvalue weighted by Crippen LogP contribution is -2.36. The van der Waals surface area contributed by atoms with E-state index in [0.29, 0.717) is 11.3 Å². The molecule has 0 bridgehead atoms. The van der Waals surface area contributed by atoms with Crippen LogP contribution in [0.3, 0.4) is 0 Å². The molecule has 2 aromatic carbocycles. The Balaban J connectivity index is 1.36. The molecule has 1 saturated heterocycles. The van der Waals surface area contributed by atoms with Crippen LogP contribution in [0.15, 0.2) is 54.7 Å². The van der Waals surface area contributed by atoms with E-state index in [0.717, 1.165) is 42.9 Å². The van der Waals surface area contributed by atoms with Gasteiger partial charge >= 0.3 is 5.97 Å². The Morgan fingerprint density at radius 2 is 1.83 bits per heavy atom. The number of nitrogens with zero attached hydrogens (tertiary/aromatic N) is 1. The second-order valence-corrected chi connectivity index (χ2v) is 6.93. The van der Waals surface area contributed by atoms with Crippen LogP contribution in [0.25, 0.3) is 10.9 Å². The van der Waals surface area contributed by atoms with E-state index < -0.39 is 12.1 Å². The zero-order valence-electron chi connectivity index (χ0n) is 16.2. The van der Waals surface area contributed by atoms with Crippen molar-refractivity contribution in [3.05, 3.63) is 60.3 Å². The van der Waals surface area contributed by atoms with Crippen LogP contribution in [0.4, 0.5) is 11.4 Å². The molecule has 2 N–H and O–H groups in total. The minimum atomic E-state index is -0.921. The van der Waals surface area contributed by atoms with Gasteiger partial charge in [0.25, 0.3) is 5.91 Å². The monoisotopic (exact) mass is 393 g/mol. The number of amides is 1. The number of aromatic amines is 1. The molecule has 1 fully saturated rings. The van der Waals surface area contributed by atoms with Crippen molar-refractivity contribution in [1.29, 1.82) is 0 Å². The van der Waals surface area contributed by atoms with Crippen molar-refractivity contribution in [2.45, 2.75) is 13.0 Å². The van der Waals surface area contributed by atoms with E-state index in [1.54, 1.807) is 13.1 Å². The molecular formula is C22H23N3O4. The van der Waals surface area contributed by atoms with Crippen molar-refractivity contribution in [3.63, 3.8) is 0 Å². The van der Waals surface area contributed by atoms with Gasteiger partial charge in [0, 0.05) is 41.6 Å². The summed E-state index contributed by atoms with van der Waals surface area (Å²) in [6.45, 7) is 4.71. The zero-order valence-corrected chi connectivity index (χ0v) is 16.2. The van der Waals surface area contributed by atoms with E-state index in [1.807, 2.05) is 48.5 Å². The summed E-state index contributed by atoms with van der Waals surface area (Å²) in [7, 11) is 0. The quantitative estimate of drug-likeness (QED) is 0.651. The molecule has 0 spiro atoms. The number of ether oxygens (including phenoxy) is 2. The minimum Gasteiger partial charge on any atom is -0.449 e. The number of hydrogen-bond acceptors (Lipinski definition) is 5. The molecule has 0 radical (unpaired) electrons. The van der Waals surface area contributed by atoms with Gasteiger partial charge in [0.05, 0.1) is 18.8 Å². The maximum atomic E-state index is 12.5. The second kappa shape index (κ2) is 8.36.